The van der Waals surface area contributed by atoms with Crippen LogP contribution in [0.2, 0.25) is 0 Å². The molecular formula is C18H21FN2O5. The first kappa shape index (κ1) is 17.2. The first-order valence-electron chi connectivity index (χ1n) is 8.66. The molecule has 2 fully saturated rings. The molecule has 8 heteroatoms. The van der Waals surface area contributed by atoms with Crippen molar-refractivity contribution in [3.8, 4) is 0 Å². The molecule has 1 aromatic rings. The minimum absolute atomic E-state index is 0.0797. The lowest BCUT2D eigenvalue weighted by Gasteiger charge is -2.37. The third kappa shape index (κ3) is 2.83. The first-order valence-corrected chi connectivity index (χ1v) is 8.66. The molecule has 0 saturated carbocycles. The fourth-order valence-electron chi connectivity index (χ4n) is 4.41. The van der Waals surface area contributed by atoms with Gasteiger partial charge in [0.15, 0.2) is 0 Å². The molecule has 0 aromatic heterocycles. The van der Waals surface area contributed by atoms with Gasteiger partial charge in [0.1, 0.15) is 11.4 Å². The molecule has 0 unspecified atom stereocenters. The molecule has 0 aliphatic carbocycles. The molecule has 0 radical (unpaired) electrons. The van der Waals surface area contributed by atoms with E-state index >= 15 is 0 Å². The Morgan fingerprint density at radius 2 is 2.27 bits per heavy atom. The highest BCUT2D eigenvalue weighted by atomic mass is 19.1. The molecule has 2 bridgehead atoms. The highest BCUT2D eigenvalue weighted by Gasteiger charge is 2.53. The van der Waals surface area contributed by atoms with Crippen LogP contribution in [0.25, 0.3) is 0 Å². The van der Waals surface area contributed by atoms with Crippen molar-refractivity contribution in [3.63, 3.8) is 0 Å². The van der Waals surface area contributed by atoms with Crippen LogP contribution in [0.15, 0.2) is 12.1 Å². The summed E-state index contributed by atoms with van der Waals surface area (Å²) < 4.78 is 25.1. The number of fused-ring (bicyclic) bond motifs is 3. The molecule has 3 aliphatic rings. The van der Waals surface area contributed by atoms with Crippen molar-refractivity contribution < 1.29 is 28.6 Å². The van der Waals surface area contributed by atoms with Crippen molar-refractivity contribution >= 4 is 12.1 Å². The lowest BCUT2D eigenvalue weighted by molar-refractivity contribution is -0.0588. The smallest absolute Gasteiger partial charge is 0.407 e. The van der Waals surface area contributed by atoms with Gasteiger partial charge < -0.3 is 19.5 Å². The summed E-state index contributed by atoms with van der Waals surface area (Å²) in [5, 5.41) is 9.28. The maximum atomic E-state index is 14.5. The zero-order valence-electron chi connectivity index (χ0n) is 14.5. The van der Waals surface area contributed by atoms with Crippen LogP contribution >= 0.6 is 0 Å². The number of carboxylic acid groups (broad SMARTS) is 1. The summed E-state index contributed by atoms with van der Waals surface area (Å²) in [5.41, 5.74) is 1.14. The molecule has 140 valence electrons. The number of benzene rings is 1. The Labute approximate surface area is 150 Å². The zero-order valence-corrected chi connectivity index (χ0v) is 14.5. The number of carbonyl (C=O) groups is 2. The van der Waals surface area contributed by atoms with Gasteiger partial charge in [-0.1, -0.05) is 0 Å². The van der Waals surface area contributed by atoms with Crippen molar-refractivity contribution in [1.29, 1.82) is 0 Å². The van der Waals surface area contributed by atoms with Crippen molar-refractivity contribution in [1.82, 2.24) is 9.80 Å². The summed E-state index contributed by atoms with van der Waals surface area (Å²) in [5.74, 6) is -0.952. The van der Waals surface area contributed by atoms with Gasteiger partial charge in [-0.25, -0.2) is 14.0 Å². The summed E-state index contributed by atoms with van der Waals surface area (Å²) >= 11 is 0. The minimum Gasteiger partial charge on any atom is -0.465 e. The molecule has 2 atom stereocenters. The van der Waals surface area contributed by atoms with Crippen LogP contribution in [0.5, 0.6) is 0 Å². The maximum Gasteiger partial charge on any atom is 0.407 e. The van der Waals surface area contributed by atoms with E-state index in [1.165, 1.54) is 18.1 Å². The number of hydrogen-bond donors (Lipinski definition) is 1. The van der Waals surface area contributed by atoms with E-state index in [-0.39, 0.29) is 11.6 Å². The molecule has 4 rings (SSSR count). The Bertz CT molecular complexity index is 770. The Hall–Kier alpha value is -2.19. The Morgan fingerprint density at radius 3 is 2.96 bits per heavy atom. The summed E-state index contributed by atoms with van der Waals surface area (Å²) in [6.07, 6.45) is 0.400. The average Bonchev–Trinajstić information content (AvgIpc) is 3.19. The van der Waals surface area contributed by atoms with E-state index in [1.807, 2.05) is 0 Å². The lowest BCUT2D eigenvalue weighted by Crippen LogP contribution is -2.51. The van der Waals surface area contributed by atoms with E-state index in [0.717, 1.165) is 5.56 Å². The van der Waals surface area contributed by atoms with E-state index < -0.39 is 23.5 Å². The van der Waals surface area contributed by atoms with Crippen LogP contribution in [0.1, 0.15) is 27.9 Å². The number of nitrogens with zero attached hydrogens (tertiary/aromatic N) is 2. The largest absolute Gasteiger partial charge is 0.465 e. The Morgan fingerprint density at radius 1 is 1.46 bits per heavy atom. The quantitative estimate of drug-likeness (QED) is 0.819. The molecule has 1 aromatic carbocycles. The number of amides is 1. The number of hydrogen-bond acceptors (Lipinski definition) is 5. The van der Waals surface area contributed by atoms with Gasteiger partial charge in [0.25, 0.3) is 0 Å². The van der Waals surface area contributed by atoms with Crippen LogP contribution in [-0.2, 0) is 22.4 Å². The van der Waals surface area contributed by atoms with Crippen LogP contribution in [0.3, 0.4) is 0 Å². The third-order valence-electron chi connectivity index (χ3n) is 5.63. The molecule has 1 N–H and O–H groups in total. The number of halogens is 1. The second-order valence-electron chi connectivity index (χ2n) is 7.31. The topological polar surface area (TPSA) is 79.3 Å². The van der Waals surface area contributed by atoms with Crippen LogP contribution in [0.4, 0.5) is 9.18 Å². The molecule has 3 aliphatic heterocycles. The van der Waals surface area contributed by atoms with Gasteiger partial charge in [-0.05, 0) is 24.1 Å². The van der Waals surface area contributed by atoms with E-state index in [4.69, 9.17) is 4.74 Å². The maximum absolute atomic E-state index is 14.5. The fourth-order valence-corrected chi connectivity index (χ4v) is 4.41. The molecule has 2 saturated heterocycles. The van der Waals surface area contributed by atoms with Gasteiger partial charge in [-0.15, -0.1) is 0 Å². The standard InChI is InChI=1S/C18H21FN2O5/c1-25-16(22)12-4-11-2-3-20(7-14(11)15(19)5-12)9-18-6-13(8-26-18)21(10-18)17(23)24/h4-5,13H,2-3,6-10H2,1H3,(H,23,24)/t13-,18+/m0/s1. The number of morpholine rings is 1. The van der Waals surface area contributed by atoms with Crippen molar-refractivity contribution in [3.05, 3.63) is 34.6 Å². The minimum atomic E-state index is -0.912. The molecule has 7 nitrogen and oxygen atoms in total. The SMILES string of the molecule is COC(=O)c1cc(F)c2c(c1)CCN(C[C@@]13C[C@@H](CO1)N(C(=O)O)C3)C2. The molecule has 26 heavy (non-hydrogen) atoms. The monoisotopic (exact) mass is 364 g/mol. The van der Waals surface area contributed by atoms with Crippen molar-refractivity contribution in [2.45, 2.75) is 31.0 Å². The number of carbonyl (C=O) groups excluding carboxylic acids is 1. The summed E-state index contributed by atoms with van der Waals surface area (Å²) in [7, 11) is 1.28. The van der Waals surface area contributed by atoms with Crippen molar-refractivity contribution in [2.24, 2.45) is 0 Å². The van der Waals surface area contributed by atoms with Crippen molar-refractivity contribution in [2.75, 3.05) is 33.4 Å². The molecule has 3 heterocycles. The van der Waals surface area contributed by atoms with Gasteiger partial charge >= 0.3 is 12.1 Å². The summed E-state index contributed by atoms with van der Waals surface area (Å²) in [6.45, 7) is 2.49. The van der Waals surface area contributed by atoms with Crippen LogP contribution < -0.4 is 0 Å². The lowest BCUT2D eigenvalue weighted by atomic mass is 9.94. The van der Waals surface area contributed by atoms with E-state index in [9.17, 15) is 19.1 Å². The summed E-state index contributed by atoms with van der Waals surface area (Å²) in [6, 6.07) is 2.84. The van der Waals surface area contributed by atoms with Gasteiger partial charge in [-0.3, -0.25) is 4.90 Å². The second kappa shape index (κ2) is 6.21. The van der Waals surface area contributed by atoms with E-state index in [0.29, 0.717) is 51.2 Å². The number of rotatable bonds is 3. The van der Waals surface area contributed by atoms with Gasteiger partial charge in [0.05, 0.1) is 31.9 Å². The fraction of sp³-hybridized carbons (Fsp3) is 0.556. The average molecular weight is 364 g/mol. The van der Waals surface area contributed by atoms with Gasteiger partial charge in [-0.2, -0.15) is 0 Å². The Kier molecular flexibility index (Phi) is 4.11. The van der Waals surface area contributed by atoms with Gasteiger partial charge in [0, 0.05) is 31.6 Å². The number of likely N-dealkylation sites (tertiary alicyclic amines) is 1. The molecule has 1 amide bonds. The summed E-state index contributed by atoms with van der Waals surface area (Å²) in [4.78, 5) is 26.5. The molecule has 0 spiro atoms. The Balaban J connectivity index is 1.49. The highest BCUT2D eigenvalue weighted by molar-refractivity contribution is 5.89. The number of methoxy groups -OCH3 is 1. The highest BCUT2D eigenvalue weighted by Crippen LogP contribution is 2.39. The zero-order chi connectivity index (χ0) is 18.5. The predicted octanol–water partition coefficient (Wildman–Crippen LogP) is 1.49. The molecular weight excluding hydrogens is 343 g/mol. The van der Waals surface area contributed by atoms with E-state index in [2.05, 4.69) is 9.64 Å². The predicted molar refractivity (Wildman–Crippen MR) is 88.5 cm³/mol. The van der Waals surface area contributed by atoms with Crippen LogP contribution in [0, 0.1) is 5.82 Å². The number of esters is 1. The van der Waals surface area contributed by atoms with Gasteiger partial charge in [0.2, 0.25) is 0 Å². The first-order chi connectivity index (χ1) is 12.4. The van der Waals surface area contributed by atoms with Crippen LogP contribution in [-0.4, -0.2) is 72.0 Å². The normalized spacial score (nSPS) is 27.5. The third-order valence-corrected chi connectivity index (χ3v) is 5.63. The second-order valence-corrected chi connectivity index (χ2v) is 7.31. The number of ether oxygens (including phenoxy) is 2. The van der Waals surface area contributed by atoms with E-state index in [1.54, 1.807) is 6.07 Å².